The summed E-state index contributed by atoms with van der Waals surface area (Å²) in [5.41, 5.74) is 0.858. The van der Waals surface area contributed by atoms with Gasteiger partial charge in [-0.15, -0.1) is 0 Å². The number of carbonyl (C=O) groups excluding carboxylic acids is 1. The maximum atomic E-state index is 12.4. The first-order valence-electron chi connectivity index (χ1n) is 7.15. The highest BCUT2D eigenvalue weighted by Gasteiger charge is 2.59. The largest absolute Gasteiger partial charge is 0.460 e. The van der Waals surface area contributed by atoms with Crippen molar-refractivity contribution in [2.24, 2.45) is 16.7 Å². The third-order valence-corrected chi connectivity index (χ3v) is 4.24. The molecule has 3 heteroatoms. The van der Waals surface area contributed by atoms with Crippen LogP contribution in [0.5, 0.6) is 0 Å². The molecular formula is C17H23ClO2. The fraction of sp³-hybridized carbons (Fsp3) is 0.588. The minimum Gasteiger partial charge on any atom is -0.460 e. The van der Waals surface area contributed by atoms with Gasteiger partial charge in [0.05, 0.1) is 5.41 Å². The molecule has 0 aromatic heterocycles. The summed E-state index contributed by atoms with van der Waals surface area (Å²) in [4.78, 5) is 12.4. The quantitative estimate of drug-likeness (QED) is 0.742. The van der Waals surface area contributed by atoms with Crippen molar-refractivity contribution < 1.29 is 9.53 Å². The van der Waals surface area contributed by atoms with Gasteiger partial charge in [0.1, 0.15) is 6.61 Å². The number of rotatable bonds is 4. The first-order chi connectivity index (χ1) is 9.23. The molecule has 1 aliphatic rings. The zero-order chi connectivity index (χ0) is 15.0. The van der Waals surface area contributed by atoms with E-state index in [2.05, 4.69) is 27.7 Å². The van der Waals surface area contributed by atoms with Gasteiger partial charge in [-0.05, 0) is 41.9 Å². The van der Waals surface area contributed by atoms with E-state index in [-0.39, 0.29) is 16.8 Å². The molecule has 2 nitrogen and oxygen atoms in total. The molecule has 20 heavy (non-hydrogen) atoms. The van der Waals surface area contributed by atoms with E-state index < -0.39 is 0 Å². The highest BCUT2D eigenvalue weighted by molar-refractivity contribution is 6.30. The third-order valence-electron chi connectivity index (χ3n) is 3.99. The molecule has 2 atom stereocenters. The molecule has 2 rings (SSSR count). The van der Waals surface area contributed by atoms with Crippen LogP contribution in [0.1, 0.15) is 46.1 Å². The Morgan fingerprint density at radius 1 is 1.35 bits per heavy atom. The molecule has 0 N–H and O–H groups in total. The molecule has 0 amide bonds. The van der Waals surface area contributed by atoms with Crippen LogP contribution >= 0.6 is 11.6 Å². The van der Waals surface area contributed by atoms with Gasteiger partial charge in [-0.3, -0.25) is 4.79 Å². The molecule has 1 fully saturated rings. The molecule has 0 aliphatic heterocycles. The van der Waals surface area contributed by atoms with Crippen LogP contribution in [-0.2, 0) is 16.1 Å². The molecule has 1 aromatic rings. The lowest BCUT2D eigenvalue weighted by molar-refractivity contribution is -0.153. The molecule has 1 saturated carbocycles. The number of esters is 1. The monoisotopic (exact) mass is 294 g/mol. The van der Waals surface area contributed by atoms with Crippen molar-refractivity contribution in [3.63, 3.8) is 0 Å². The number of ether oxygens (including phenoxy) is 1. The van der Waals surface area contributed by atoms with Crippen LogP contribution in [0.4, 0.5) is 0 Å². The van der Waals surface area contributed by atoms with Gasteiger partial charge in [-0.2, -0.15) is 0 Å². The maximum absolute atomic E-state index is 12.4. The van der Waals surface area contributed by atoms with Crippen LogP contribution in [0, 0.1) is 16.7 Å². The fourth-order valence-corrected chi connectivity index (χ4v) is 3.04. The van der Waals surface area contributed by atoms with Gasteiger partial charge in [-0.1, -0.05) is 51.4 Å². The fourth-order valence-electron chi connectivity index (χ4n) is 2.91. The Bertz CT molecular complexity index is 487. The lowest BCUT2D eigenvalue weighted by Crippen LogP contribution is -2.26. The van der Waals surface area contributed by atoms with Gasteiger partial charge in [-0.25, -0.2) is 0 Å². The third kappa shape index (κ3) is 3.54. The normalized spacial score (nSPS) is 25.4. The van der Waals surface area contributed by atoms with Gasteiger partial charge in [0, 0.05) is 5.02 Å². The van der Waals surface area contributed by atoms with E-state index in [1.54, 1.807) is 0 Å². The van der Waals surface area contributed by atoms with Crippen molar-refractivity contribution in [2.45, 2.75) is 47.1 Å². The van der Waals surface area contributed by atoms with Crippen LogP contribution < -0.4 is 0 Å². The smallest absolute Gasteiger partial charge is 0.312 e. The second kappa shape index (κ2) is 5.40. The Hall–Kier alpha value is -1.02. The van der Waals surface area contributed by atoms with E-state index >= 15 is 0 Å². The first kappa shape index (κ1) is 15.4. The van der Waals surface area contributed by atoms with Crippen molar-refractivity contribution in [1.82, 2.24) is 0 Å². The van der Waals surface area contributed by atoms with Crippen LogP contribution in [0.15, 0.2) is 24.3 Å². The maximum Gasteiger partial charge on any atom is 0.312 e. The summed E-state index contributed by atoms with van der Waals surface area (Å²) in [6.07, 6.45) is 1.84. The van der Waals surface area contributed by atoms with Crippen molar-refractivity contribution >= 4 is 17.6 Å². The SMILES string of the molecule is CC1CC1(CC(C)(C)C)C(=O)OCc1ccc(Cl)cc1. The Morgan fingerprint density at radius 2 is 1.90 bits per heavy atom. The molecule has 0 saturated heterocycles. The van der Waals surface area contributed by atoms with E-state index in [0.29, 0.717) is 17.5 Å². The van der Waals surface area contributed by atoms with Crippen LogP contribution in [0.25, 0.3) is 0 Å². The van der Waals surface area contributed by atoms with Crippen molar-refractivity contribution in [3.8, 4) is 0 Å². The molecule has 0 heterocycles. The summed E-state index contributed by atoms with van der Waals surface area (Å²) in [5.74, 6) is 0.384. The topological polar surface area (TPSA) is 26.3 Å². The highest BCUT2D eigenvalue weighted by Crippen LogP contribution is 2.59. The molecule has 2 unspecified atom stereocenters. The Kier molecular flexibility index (Phi) is 4.15. The zero-order valence-electron chi connectivity index (χ0n) is 12.7. The van der Waals surface area contributed by atoms with Crippen LogP contribution in [0.3, 0.4) is 0 Å². The summed E-state index contributed by atoms with van der Waals surface area (Å²) in [5, 5.41) is 0.695. The van der Waals surface area contributed by atoms with Crippen LogP contribution in [0.2, 0.25) is 5.02 Å². The summed E-state index contributed by atoms with van der Waals surface area (Å²) >= 11 is 5.84. The first-order valence-corrected chi connectivity index (χ1v) is 7.52. The molecule has 0 radical (unpaired) electrons. The number of halogens is 1. The average Bonchev–Trinajstić information content (AvgIpc) is 2.97. The number of carbonyl (C=O) groups is 1. The van der Waals surface area contributed by atoms with E-state index in [4.69, 9.17) is 16.3 Å². The predicted octanol–water partition coefficient (Wildman–Crippen LogP) is 4.85. The minimum absolute atomic E-state index is 0.0464. The van der Waals surface area contributed by atoms with Gasteiger partial charge < -0.3 is 4.74 Å². The van der Waals surface area contributed by atoms with Gasteiger partial charge in [0.2, 0.25) is 0 Å². The summed E-state index contributed by atoms with van der Waals surface area (Å²) < 4.78 is 5.53. The van der Waals surface area contributed by atoms with E-state index in [0.717, 1.165) is 18.4 Å². The summed E-state index contributed by atoms with van der Waals surface area (Å²) in [7, 11) is 0. The summed E-state index contributed by atoms with van der Waals surface area (Å²) in [6, 6.07) is 7.41. The predicted molar refractivity (Wildman–Crippen MR) is 81.5 cm³/mol. The van der Waals surface area contributed by atoms with Crippen LogP contribution in [-0.4, -0.2) is 5.97 Å². The Morgan fingerprint density at radius 3 is 2.35 bits per heavy atom. The second-order valence-electron chi connectivity index (χ2n) is 7.20. The molecular weight excluding hydrogens is 272 g/mol. The average molecular weight is 295 g/mol. The van der Waals surface area contributed by atoms with E-state index in [1.165, 1.54) is 0 Å². The highest BCUT2D eigenvalue weighted by atomic mass is 35.5. The molecule has 0 spiro atoms. The zero-order valence-corrected chi connectivity index (χ0v) is 13.5. The van der Waals surface area contributed by atoms with E-state index in [1.807, 2.05) is 24.3 Å². The number of hydrogen-bond donors (Lipinski definition) is 0. The van der Waals surface area contributed by atoms with Gasteiger partial charge in [0.25, 0.3) is 0 Å². The molecule has 1 aliphatic carbocycles. The Balaban J connectivity index is 1.95. The Labute approximate surface area is 126 Å². The molecule has 1 aromatic carbocycles. The molecule has 0 bridgehead atoms. The number of hydrogen-bond acceptors (Lipinski definition) is 2. The summed E-state index contributed by atoms with van der Waals surface area (Å²) in [6.45, 7) is 8.98. The van der Waals surface area contributed by atoms with Crippen molar-refractivity contribution in [2.75, 3.05) is 0 Å². The lowest BCUT2D eigenvalue weighted by Gasteiger charge is -2.25. The lowest BCUT2D eigenvalue weighted by atomic mass is 9.81. The minimum atomic E-state index is -0.259. The molecule has 110 valence electrons. The second-order valence-corrected chi connectivity index (χ2v) is 7.64. The van der Waals surface area contributed by atoms with Crippen molar-refractivity contribution in [3.05, 3.63) is 34.9 Å². The number of benzene rings is 1. The van der Waals surface area contributed by atoms with E-state index in [9.17, 15) is 4.79 Å². The van der Waals surface area contributed by atoms with Crippen molar-refractivity contribution in [1.29, 1.82) is 0 Å². The standard InChI is InChI=1S/C17H23ClO2/c1-12-9-17(12,11-16(2,3)4)15(19)20-10-13-5-7-14(18)8-6-13/h5-8,12H,9-11H2,1-4H3. The van der Waals surface area contributed by atoms with Gasteiger partial charge in [0.15, 0.2) is 0 Å². The van der Waals surface area contributed by atoms with Gasteiger partial charge >= 0.3 is 5.97 Å².